The van der Waals surface area contributed by atoms with Gasteiger partial charge in [-0.1, -0.05) is 12.8 Å². The van der Waals surface area contributed by atoms with Crippen LogP contribution in [0.15, 0.2) is 0 Å². The molecular formula is C11H24N2O. The minimum atomic E-state index is -0.230. The summed E-state index contributed by atoms with van der Waals surface area (Å²) in [6, 6.07) is 0. The maximum atomic E-state index is 9.59. The average Bonchev–Trinajstić information content (AvgIpc) is 2.55. The molecule has 0 spiro atoms. The molecule has 3 nitrogen and oxygen atoms in total. The van der Waals surface area contributed by atoms with Crippen molar-refractivity contribution in [1.29, 1.82) is 0 Å². The fraction of sp³-hybridized carbons (Fsp3) is 1.00. The summed E-state index contributed by atoms with van der Waals surface area (Å²) in [5, 5.41) is 12.9. The first kappa shape index (κ1) is 12.0. The number of aliphatic hydroxyl groups is 1. The molecule has 0 aliphatic heterocycles. The van der Waals surface area contributed by atoms with Crippen LogP contribution in [0, 0.1) is 5.92 Å². The van der Waals surface area contributed by atoms with Crippen molar-refractivity contribution in [2.75, 3.05) is 33.7 Å². The molecule has 1 fully saturated rings. The molecule has 0 bridgehead atoms. The van der Waals surface area contributed by atoms with E-state index in [1.54, 1.807) is 0 Å². The van der Waals surface area contributed by atoms with Gasteiger partial charge in [0.2, 0.25) is 0 Å². The number of likely N-dealkylation sites (N-methyl/N-ethyl adjacent to an activating group) is 1. The third-order valence-corrected chi connectivity index (χ3v) is 2.86. The summed E-state index contributed by atoms with van der Waals surface area (Å²) in [6.07, 6.45) is 5.30. The second kappa shape index (κ2) is 6.38. The minimum absolute atomic E-state index is 0.230. The van der Waals surface area contributed by atoms with E-state index in [0.717, 1.165) is 25.6 Å². The van der Waals surface area contributed by atoms with Crippen LogP contribution in [-0.2, 0) is 0 Å². The second-order valence-electron chi connectivity index (χ2n) is 4.72. The predicted octanol–water partition coefficient (Wildman–Crippen LogP) is 0.689. The van der Waals surface area contributed by atoms with Crippen molar-refractivity contribution >= 4 is 0 Å². The van der Waals surface area contributed by atoms with Gasteiger partial charge in [0.1, 0.15) is 0 Å². The highest BCUT2D eigenvalue weighted by atomic mass is 16.3. The summed E-state index contributed by atoms with van der Waals surface area (Å²) < 4.78 is 0. The van der Waals surface area contributed by atoms with Crippen molar-refractivity contribution in [3.63, 3.8) is 0 Å². The summed E-state index contributed by atoms with van der Waals surface area (Å²) in [4.78, 5) is 2.02. The zero-order chi connectivity index (χ0) is 10.4. The van der Waals surface area contributed by atoms with Crippen molar-refractivity contribution in [3.05, 3.63) is 0 Å². The van der Waals surface area contributed by atoms with Gasteiger partial charge in [-0.15, -0.1) is 0 Å². The van der Waals surface area contributed by atoms with Gasteiger partial charge in [-0.05, 0) is 39.4 Å². The third kappa shape index (κ3) is 4.94. The summed E-state index contributed by atoms with van der Waals surface area (Å²) >= 11 is 0. The maximum Gasteiger partial charge on any atom is 0.0791 e. The summed E-state index contributed by atoms with van der Waals surface area (Å²) in [7, 11) is 3.97. The third-order valence-electron chi connectivity index (χ3n) is 2.86. The molecule has 0 aromatic heterocycles. The van der Waals surface area contributed by atoms with E-state index in [1.165, 1.54) is 25.7 Å². The van der Waals surface area contributed by atoms with E-state index in [1.807, 2.05) is 19.0 Å². The molecule has 0 saturated heterocycles. The van der Waals surface area contributed by atoms with Crippen LogP contribution in [0.1, 0.15) is 25.7 Å². The van der Waals surface area contributed by atoms with E-state index in [2.05, 4.69) is 5.32 Å². The zero-order valence-corrected chi connectivity index (χ0v) is 9.50. The summed E-state index contributed by atoms with van der Waals surface area (Å²) in [6.45, 7) is 2.57. The zero-order valence-electron chi connectivity index (χ0n) is 9.50. The fourth-order valence-electron chi connectivity index (χ4n) is 2.15. The van der Waals surface area contributed by atoms with Gasteiger partial charge in [0.15, 0.2) is 0 Å². The van der Waals surface area contributed by atoms with Crippen molar-refractivity contribution in [3.8, 4) is 0 Å². The van der Waals surface area contributed by atoms with Crippen molar-refractivity contribution < 1.29 is 5.11 Å². The van der Waals surface area contributed by atoms with E-state index in [4.69, 9.17) is 0 Å². The molecule has 0 aromatic rings. The number of rotatable bonds is 6. The highest BCUT2D eigenvalue weighted by molar-refractivity contribution is 4.71. The lowest BCUT2D eigenvalue weighted by Crippen LogP contribution is -2.36. The Morgan fingerprint density at radius 3 is 2.57 bits per heavy atom. The Morgan fingerprint density at radius 2 is 2.00 bits per heavy atom. The average molecular weight is 200 g/mol. The first-order valence-corrected chi connectivity index (χ1v) is 5.72. The van der Waals surface area contributed by atoms with Crippen LogP contribution in [0.5, 0.6) is 0 Å². The minimum Gasteiger partial charge on any atom is -0.390 e. The number of nitrogens with zero attached hydrogens (tertiary/aromatic N) is 1. The number of hydrogen-bond donors (Lipinski definition) is 2. The van der Waals surface area contributed by atoms with Gasteiger partial charge in [-0.2, -0.15) is 0 Å². The Kier molecular flexibility index (Phi) is 5.45. The monoisotopic (exact) mass is 200 g/mol. The molecule has 3 heteroatoms. The Hall–Kier alpha value is -0.120. The first-order chi connectivity index (χ1) is 6.68. The largest absolute Gasteiger partial charge is 0.390 e. The van der Waals surface area contributed by atoms with Gasteiger partial charge in [-0.3, -0.25) is 0 Å². The van der Waals surface area contributed by atoms with Gasteiger partial charge >= 0.3 is 0 Å². The summed E-state index contributed by atoms with van der Waals surface area (Å²) in [5.74, 6) is 0.863. The quantitative estimate of drug-likeness (QED) is 0.662. The standard InChI is InChI=1S/C11H24N2O/c1-13(2)9-11(14)8-12-7-10-5-3-4-6-10/h10-12,14H,3-9H2,1-2H3. The lowest BCUT2D eigenvalue weighted by atomic mass is 10.1. The van der Waals surface area contributed by atoms with Crippen molar-refractivity contribution in [2.45, 2.75) is 31.8 Å². The van der Waals surface area contributed by atoms with Crippen LogP contribution in [0.25, 0.3) is 0 Å². The molecular weight excluding hydrogens is 176 g/mol. The van der Waals surface area contributed by atoms with Gasteiger partial charge < -0.3 is 15.3 Å². The smallest absolute Gasteiger partial charge is 0.0791 e. The molecule has 1 rings (SSSR count). The number of nitrogens with one attached hydrogen (secondary N) is 1. The maximum absolute atomic E-state index is 9.59. The van der Waals surface area contributed by atoms with Gasteiger partial charge in [0.05, 0.1) is 6.10 Å². The first-order valence-electron chi connectivity index (χ1n) is 5.72. The molecule has 14 heavy (non-hydrogen) atoms. The molecule has 0 heterocycles. The molecule has 1 atom stereocenters. The van der Waals surface area contributed by atoms with E-state index >= 15 is 0 Å². The van der Waals surface area contributed by atoms with Crippen LogP contribution in [0.2, 0.25) is 0 Å². The van der Waals surface area contributed by atoms with E-state index in [0.29, 0.717) is 0 Å². The Bertz CT molecular complexity index is 144. The number of aliphatic hydroxyl groups excluding tert-OH is 1. The normalized spacial score (nSPS) is 20.6. The highest BCUT2D eigenvalue weighted by Gasteiger charge is 2.14. The SMILES string of the molecule is CN(C)CC(O)CNCC1CCCC1. The second-order valence-corrected chi connectivity index (χ2v) is 4.72. The van der Waals surface area contributed by atoms with Gasteiger partial charge in [0.25, 0.3) is 0 Å². The molecule has 1 unspecified atom stereocenters. The van der Waals surface area contributed by atoms with Gasteiger partial charge in [-0.25, -0.2) is 0 Å². The van der Waals surface area contributed by atoms with E-state index < -0.39 is 0 Å². The lowest BCUT2D eigenvalue weighted by Gasteiger charge is -2.17. The van der Waals surface area contributed by atoms with Crippen LogP contribution < -0.4 is 5.32 Å². The predicted molar refractivity (Wildman–Crippen MR) is 59.4 cm³/mol. The Balaban J connectivity index is 1.96. The van der Waals surface area contributed by atoms with Crippen molar-refractivity contribution in [1.82, 2.24) is 10.2 Å². The molecule has 1 saturated carbocycles. The molecule has 1 aliphatic carbocycles. The topological polar surface area (TPSA) is 35.5 Å². The fourth-order valence-corrected chi connectivity index (χ4v) is 2.15. The number of hydrogen-bond acceptors (Lipinski definition) is 3. The van der Waals surface area contributed by atoms with Crippen LogP contribution in [-0.4, -0.2) is 49.8 Å². The Labute approximate surface area is 87.5 Å². The van der Waals surface area contributed by atoms with Crippen LogP contribution in [0.4, 0.5) is 0 Å². The molecule has 0 radical (unpaired) electrons. The molecule has 1 aliphatic rings. The molecule has 2 N–H and O–H groups in total. The highest BCUT2D eigenvalue weighted by Crippen LogP contribution is 2.23. The van der Waals surface area contributed by atoms with Gasteiger partial charge in [0, 0.05) is 13.1 Å². The Morgan fingerprint density at radius 1 is 1.36 bits per heavy atom. The van der Waals surface area contributed by atoms with E-state index in [9.17, 15) is 5.11 Å². The molecule has 0 amide bonds. The van der Waals surface area contributed by atoms with Crippen LogP contribution in [0.3, 0.4) is 0 Å². The van der Waals surface area contributed by atoms with Crippen LogP contribution >= 0.6 is 0 Å². The molecule has 84 valence electrons. The van der Waals surface area contributed by atoms with E-state index in [-0.39, 0.29) is 6.10 Å². The van der Waals surface area contributed by atoms with Crippen molar-refractivity contribution in [2.24, 2.45) is 5.92 Å². The molecule has 0 aromatic carbocycles. The summed E-state index contributed by atoms with van der Waals surface area (Å²) in [5.41, 5.74) is 0. The lowest BCUT2D eigenvalue weighted by molar-refractivity contribution is 0.133.